The molecule has 0 N–H and O–H groups in total. The van der Waals surface area contributed by atoms with E-state index in [2.05, 4.69) is 4.99 Å². The van der Waals surface area contributed by atoms with Crippen molar-refractivity contribution in [2.45, 2.75) is 26.6 Å². The molecule has 0 aromatic heterocycles. The molecule has 0 aromatic carbocycles. The third-order valence-corrected chi connectivity index (χ3v) is 0.802. The zero-order chi connectivity index (χ0) is 7.98. The molecule has 0 radical (unpaired) electrons. The number of allylic oxidation sites excluding steroid dienone is 2. The van der Waals surface area contributed by atoms with Crippen LogP contribution in [0.3, 0.4) is 0 Å². The topological polar surface area (TPSA) is 12.4 Å². The lowest BCUT2D eigenvalue weighted by Gasteiger charge is -1.88. The van der Waals surface area contributed by atoms with Crippen LogP contribution in [0.5, 0.6) is 0 Å². The Bertz CT molecular complexity index is 139. The van der Waals surface area contributed by atoms with Crippen molar-refractivity contribution in [3.05, 3.63) is 11.9 Å². The normalized spacial score (nSPS) is 16.2. The average molecular weight is 147 g/mol. The van der Waals surface area contributed by atoms with E-state index in [9.17, 15) is 8.78 Å². The van der Waals surface area contributed by atoms with Crippen LogP contribution in [0.1, 0.15) is 20.3 Å². The Morgan fingerprint density at radius 2 is 2.30 bits per heavy atom. The van der Waals surface area contributed by atoms with Gasteiger partial charge in [0.2, 0.25) is 0 Å². The predicted molar refractivity (Wildman–Crippen MR) is 38.5 cm³/mol. The summed E-state index contributed by atoms with van der Waals surface area (Å²) in [6.07, 6.45) is 1.51. The van der Waals surface area contributed by atoms with Gasteiger partial charge >= 0.3 is 0 Å². The minimum absolute atomic E-state index is 0.480. The number of rotatable bonds is 3. The van der Waals surface area contributed by atoms with Gasteiger partial charge in [-0.2, -0.15) is 0 Å². The quantitative estimate of drug-likeness (QED) is 0.430. The van der Waals surface area contributed by atoms with E-state index in [0.717, 1.165) is 6.21 Å². The van der Waals surface area contributed by atoms with E-state index in [4.69, 9.17) is 0 Å². The highest BCUT2D eigenvalue weighted by Gasteiger charge is 1.90. The van der Waals surface area contributed by atoms with Crippen LogP contribution >= 0.6 is 0 Å². The van der Waals surface area contributed by atoms with Crippen molar-refractivity contribution in [2.75, 3.05) is 0 Å². The Labute approximate surface area is 59.5 Å². The molecule has 0 aliphatic rings. The van der Waals surface area contributed by atoms with Crippen LogP contribution in [0.2, 0.25) is 0 Å². The smallest absolute Gasteiger partial charge is 0.187 e. The zero-order valence-corrected chi connectivity index (χ0v) is 6.14. The lowest BCUT2D eigenvalue weighted by molar-refractivity contribution is 0.377. The van der Waals surface area contributed by atoms with Crippen molar-refractivity contribution in [1.29, 1.82) is 0 Å². The highest BCUT2D eigenvalue weighted by molar-refractivity contribution is 5.75. The van der Waals surface area contributed by atoms with Crippen LogP contribution in [0.25, 0.3) is 0 Å². The minimum Gasteiger partial charge on any atom is -0.254 e. The molecular formula is C7H11F2N. The molecule has 0 aliphatic heterocycles. The summed E-state index contributed by atoms with van der Waals surface area (Å²) in [5.41, 5.74) is 0. The number of halogens is 2. The second-order valence-corrected chi connectivity index (χ2v) is 1.85. The summed E-state index contributed by atoms with van der Waals surface area (Å²) in [4.78, 5) is 3.21. The molecule has 0 saturated carbocycles. The molecule has 0 rings (SSSR count). The van der Waals surface area contributed by atoms with E-state index in [1.807, 2.05) is 0 Å². The Morgan fingerprint density at radius 3 is 2.70 bits per heavy atom. The lowest BCUT2D eigenvalue weighted by Crippen LogP contribution is -1.86. The van der Waals surface area contributed by atoms with Crippen LogP contribution in [0.4, 0.5) is 8.78 Å². The average Bonchev–Trinajstić information content (AvgIpc) is 1.85. The standard InChI is InChI=1S/C7H11F2N/c1-3-4-7(9)5-10-6(2)8/h4-6H,3H2,1-2H3/b7-4+,10-5-/t6-/m0/s1. The van der Waals surface area contributed by atoms with Crippen molar-refractivity contribution in [1.82, 2.24) is 0 Å². The second-order valence-electron chi connectivity index (χ2n) is 1.85. The summed E-state index contributed by atoms with van der Waals surface area (Å²) in [6.45, 7) is 3.04. The fourth-order valence-electron chi connectivity index (χ4n) is 0.422. The molecule has 10 heavy (non-hydrogen) atoms. The largest absolute Gasteiger partial charge is 0.254 e. The third kappa shape index (κ3) is 5.41. The summed E-state index contributed by atoms with van der Waals surface area (Å²) < 4.78 is 24.2. The third-order valence-electron chi connectivity index (χ3n) is 0.802. The number of aliphatic imine (C=N–C) groups is 1. The summed E-state index contributed by atoms with van der Waals surface area (Å²) in [5, 5.41) is 0. The number of hydrogen-bond acceptors (Lipinski definition) is 1. The Morgan fingerprint density at radius 1 is 1.70 bits per heavy atom. The van der Waals surface area contributed by atoms with Crippen LogP contribution in [0.15, 0.2) is 16.9 Å². The molecule has 58 valence electrons. The summed E-state index contributed by atoms with van der Waals surface area (Å²) in [7, 11) is 0. The highest BCUT2D eigenvalue weighted by atomic mass is 19.1. The first-order chi connectivity index (χ1) is 4.66. The Hall–Kier alpha value is -0.730. The van der Waals surface area contributed by atoms with Gasteiger partial charge in [0.05, 0.1) is 6.21 Å². The molecule has 0 fully saturated rings. The van der Waals surface area contributed by atoms with Gasteiger partial charge < -0.3 is 0 Å². The van der Waals surface area contributed by atoms with Gasteiger partial charge in [0.15, 0.2) is 6.30 Å². The van der Waals surface area contributed by atoms with Crippen LogP contribution < -0.4 is 0 Å². The maximum atomic E-state index is 12.3. The van der Waals surface area contributed by atoms with Crippen molar-refractivity contribution < 1.29 is 8.78 Å². The first kappa shape index (κ1) is 9.27. The van der Waals surface area contributed by atoms with E-state index < -0.39 is 12.1 Å². The predicted octanol–water partition coefficient (Wildman–Crippen LogP) is 2.64. The maximum absolute atomic E-state index is 12.3. The number of alkyl halides is 1. The van der Waals surface area contributed by atoms with Crippen molar-refractivity contribution in [3.63, 3.8) is 0 Å². The minimum atomic E-state index is -1.32. The van der Waals surface area contributed by atoms with Gasteiger partial charge in [0, 0.05) is 0 Å². The molecule has 0 unspecified atom stereocenters. The number of hydrogen-bond donors (Lipinski definition) is 0. The molecular weight excluding hydrogens is 136 g/mol. The monoisotopic (exact) mass is 147 g/mol. The Balaban J connectivity index is 3.77. The van der Waals surface area contributed by atoms with Gasteiger partial charge in [-0.1, -0.05) is 6.92 Å². The highest BCUT2D eigenvalue weighted by Crippen LogP contribution is 1.96. The molecule has 0 spiro atoms. The first-order valence-electron chi connectivity index (χ1n) is 3.19. The van der Waals surface area contributed by atoms with Gasteiger partial charge in [-0.25, -0.2) is 8.78 Å². The molecule has 0 aromatic rings. The molecule has 0 bridgehead atoms. The zero-order valence-electron chi connectivity index (χ0n) is 6.14. The van der Waals surface area contributed by atoms with E-state index in [1.54, 1.807) is 6.92 Å². The van der Waals surface area contributed by atoms with Gasteiger partial charge in [-0.3, -0.25) is 4.99 Å². The van der Waals surface area contributed by atoms with Gasteiger partial charge in [0.25, 0.3) is 0 Å². The second kappa shape index (κ2) is 5.09. The van der Waals surface area contributed by atoms with E-state index in [1.165, 1.54) is 13.0 Å². The van der Waals surface area contributed by atoms with E-state index in [-0.39, 0.29) is 0 Å². The molecule has 1 atom stereocenters. The fraction of sp³-hybridized carbons (Fsp3) is 0.571. The van der Waals surface area contributed by atoms with Crippen molar-refractivity contribution in [2.24, 2.45) is 4.99 Å². The molecule has 0 heterocycles. The SMILES string of the molecule is CC/C=C(F)\C=N/[C@@H](C)F. The summed E-state index contributed by atoms with van der Waals surface area (Å²) in [5.74, 6) is -0.480. The fourth-order valence-corrected chi connectivity index (χ4v) is 0.422. The lowest BCUT2D eigenvalue weighted by atomic mass is 10.4. The van der Waals surface area contributed by atoms with Gasteiger partial charge in [-0.15, -0.1) is 0 Å². The Kier molecular flexibility index (Phi) is 4.72. The summed E-state index contributed by atoms with van der Waals surface area (Å²) >= 11 is 0. The van der Waals surface area contributed by atoms with Crippen molar-refractivity contribution in [3.8, 4) is 0 Å². The molecule has 1 nitrogen and oxygen atoms in total. The molecule has 0 aliphatic carbocycles. The number of nitrogens with zero attached hydrogens (tertiary/aromatic N) is 1. The molecule has 0 amide bonds. The van der Waals surface area contributed by atoms with Crippen LogP contribution in [-0.2, 0) is 0 Å². The molecule has 0 saturated heterocycles. The molecule has 3 heteroatoms. The van der Waals surface area contributed by atoms with E-state index in [0.29, 0.717) is 6.42 Å². The van der Waals surface area contributed by atoms with Gasteiger partial charge in [-0.05, 0) is 19.4 Å². The van der Waals surface area contributed by atoms with Gasteiger partial charge in [0.1, 0.15) is 5.83 Å². The van der Waals surface area contributed by atoms with Crippen molar-refractivity contribution >= 4 is 6.21 Å². The van der Waals surface area contributed by atoms with Crippen LogP contribution in [0, 0.1) is 0 Å². The van der Waals surface area contributed by atoms with E-state index >= 15 is 0 Å². The maximum Gasteiger partial charge on any atom is 0.187 e. The summed E-state index contributed by atoms with van der Waals surface area (Å²) in [6, 6.07) is 0. The van der Waals surface area contributed by atoms with Crippen LogP contribution in [-0.4, -0.2) is 12.5 Å². The first-order valence-corrected chi connectivity index (χ1v) is 3.19.